The van der Waals surface area contributed by atoms with Gasteiger partial charge in [0, 0.05) is 13.1 Å². The van der Waals surface area contributed by atoms with E-state index in [1.54, 1.807) is 0 Å². The van der Waals surface area contributed by atoms with Gasteiger partial charge in [-0.2, -0.15) is 0 Å². The van der Waals surface area contributed by atoms with E-state index in [2.05, 4.69) is 19.2 Å². The Hall–Kier alpha value is -0.0800. The number of ether oxygens (including phenoxy) is 1. The van der Waals surface area contributed by atoms with Gasteiger partial charge in [-0.15, -0.1) is 0 Å². The van der Waals surface area contributed by atoms with Gasteiger partial charge in [0.25, 0.3) is 0 Å². The third-order valence-corrected chi connectivity index (χ3v) is 3.92. The molecule has 2 rings (SSSR count). The molecule has 2 heteroatoms. The molecule has 1 spiro atoms. The van der Waals surface area contributed by atoms with E-state index in [0.717, 1.165) is 19.0 Å². The van der Waals surface area contributed by atoms with E-state index in [4.69, 9.17) is 4.74 Å². The Kier molecular flexibility index (Phi) is 3.13. The molecule has 0 radical (unpaired) electrons. The fourth-order valence-corrected chi connectivity index (χ4v) is 2.92. The quantitative estimate of drug-likeness (QED) is 0.696. The molecule has 0 aromatic carbocycles. The fourth-order valence-electron chi connectivity index (χ4n) is 2.92. The molecule has 2 aliphatic rings. The van der Waals surface area contributed by atoms with Crippen LogP contribution in [-0.2, 0) is 4.74 Å². The van der Waals surface area contributed by atoms with Gasteiger partial charge in [-0.25, -0.2) is 0 Å². The summed E-state index contributed by atoms with van der Waals surface area (Å²) < 4.78 is 6.15. The van der Waals surface area contributed by atoms with E-state index in [1.165, 1.54) is 32.1 Å². The van der Waals surface area contributed by atoms with E-state index in [-0.39, 0.29) is 5.60 Å². The number of hydrogen-bond donors (Lipinski definition) is 1. The van der Waals surface area contributed by atoms with Crippen molar-refractivity contribution in [2.75, 3.05) is 13.1 Å². The van der Waals surface area contributed by atoms with E-state index in [9.17, 15) is 0 Å². The second kappa shape index (κ2) is 4.19. The Morgan fingerprint density at radius 2 is 2.07 bits per heavy atom. The van der Waals surface area contributed by atoms with Crippen LogP contribution in [-0.4, -0.2) is 24.8 Å². The van der Waals surface area contributed by atoms with Gasteiger partial charge in [0.05, 0.1) is 11.7 Å². The molecule has 0 bridgehead atoms. The number of morpholine rings is 1. The minimum atomic E-state index is 0.198. The first kappa shape index (κ1) is 10.4. The first-order valence-electron chi connectivity index (χ1n) is 6.13. The molecule has 14 heavy (non-hydrogen) atoms. The highest BCUT2D eigenvalue weighted by atomic mass is 16.5. The molecule has 2 fully saturated rings. The summed E-state index contributed by atoms with van der Waals surface area (Å²) >= 11 is 0. The SMILES string of the molecule is CCC1CCC2(CC1)CNCC(C)O2. The molecule has 0 amide bonds. The van der Waals surface area contributed by atoms with Gasteiger partial charge < -0.3 is 10.1 Å². The average Bonchev–Trinajstić information content (AvgIpc) is 2.19. The predicted molar refractivity (Wildman–Crippen MR) is 58.4 cm³/mol. The summed E-state index contributed by atoms with van der Waals surface area (Å²) in [7, 11) is 0. The van der Waals surface area contributed by atoms with Crippen molar-refractivity contribution < 1.29 is 4.74 Å². The molecule has 1 saturated carbocycles. The molecule has 0 aromatic rings. The molecular formula is C12H23NO. The van der Waals surface area contributed by atoms with Crippen molar-refractivity contribution in [1.29, 1.82) is 0 Å². The first-order chi connectivity index (χ1) is 6.74. The highest BCUT2D eigenvalue weighted by molar-refractivity contribution is 4.92. The van der Waals surface area contributed by atoms with Crippen LogP contribution in [0.4, 0.5) is 0 Å². The van der Waals surface area contributed by atoms with E-state index in [1.807, 2.05) is 0 Å². The average molecular weight is 197 g/mol. The monoisotopic (exact) mass is 197 g/mol. The number of rotatable bonds is 1. The highest BCUT2D eigenvalue weighted by Gasteiger charge is 2.38. The summed E-state index contributed by atoms with van der Waals surface area (Å²) in [4.78, 5) is 0. The third kappa shape index (κ3) is 2.12. The van der Waals surface area contributed by atoms with Crippen LogP contribution in [0.2, 0.25) is 0 Å². The van der Waals surface area contributed by atoms with Crippen molar-refractivity contribution in [3.05, 3.63) is 0 Å². The van der Waals surface area contributed by atoms with Gasteiger partial charge in [0.15, 0.2) is 0 Å². The topological polar surface area (TPSA) is 21.3 Å². The summed E-state index contributed by atoms with van der Waals surface area (Å²) in [5.41, 5.74) is 0.198. The van der Waals surface area contributed by atoms with Crippen LogP contribution < -0.4 is 5.32 Å². The number of hydrogen-bond acceptors (Lipinski definition) is 2. The summed E-state index contributed by atoms with van der Waals surface area (Å²) in [5, 5.41) is 3.50. The third-order valence-electron chi connectivity index (χ3n) is 3.92. The molecule has 1 aliphatic heterocycles. The van der Waals surface area contributed by atoms with Gasteiger partial charge >= 0.3 is 0 Å². The van der Waals surface area contributed by atoms with E-state index in [0.29, 0.717) is 6.10 Å². The maximum Gasteiger partial charge on any atom is 0.0810 e. The van der Waals surface area contributed by atoms with Gasteiger partial charge in [0.1, 0.15) is 0 Å². The van der Waals surface area contributed by atoms with E-state index >= 15 is 0 Å². The molecule has 1 unspecified atom stereocenters. The molecule has 1 aliphatic carbocycles. The largest absolute Gasteiger partial charge is 0.369 e. The van der Waals surface area contributed by atoms with Crippen LogP contribution in [0.1, 0.15) is 46.0 Å². The Bertz CT molecular complexity index is 185. The molecule has 0 aromatic heterocycles. The van der Waals surface area contributed by atoms with E-state index < -0.39 is 0 Å². The maximum atomic E-state index is 6.15. The van der Waals surface area contributed by atoms with Crippen LogP contribution >= 0.6 is 0 Å². The first-order valence-corrected chi connectivity index (χ1v) is 6.13. The summed E-state index contributed by atoms with van der Waals surface area (Å²) in [6.45, 7) is 6.60. The summed E-state index contributed by atoms with van der Waals surface area (Å²) in [6, 6.07) is 0. The molecule has 1 N–H and O–H groups in total. The van der Waals surface area contributed by atoms with Gasteiger partial charge in [-0.1, -0.05) is 13.3 Å². The van der Waals surface area contributed by atoms with Gasteiger partial charge in [0.2, 0.25) is 0 Å². The van der Waals surface area contributed by atoms with Crippen molar-refractivity contribution in [3.8, 4) is 0 Å². The lowest BCUT2D eigenvalue weighted by Crippen LogP contribution is -2.54. The van der Waals surface area contributed by atoms with Gasteiger partial charge in [-0.3, -0.25) is 0 Å². The zero-order valence-electron chi connectivity index (χ0n) is 9.51. The van der Waals surface area contributed by atoms with Crippen LogP contribution in [0.3, 0.4) is 0 Å². The van der Waals surface area contributed by atoms with Crippen LogP contribution in [0.15, 0.2) is 0 Å². The Labute approximate surface area is 87.4 Å². The zero-order chi connectivity index (χ0) is 10.0. The Morgan fingerprint density at radius 1 is 1.36 bits per heavy atom. The lowest BCUT2D eigenvalue weighted by Gasteiger charge is -2.45. The minimum Gasteiger partial charge on any atom is -0.369 e. The van der Waals surface area contributed by atoms with Crippen LogP contribution in [0.25, 0.3) is 0 Å². The molecule has 1 heterocycles. The number of nitrogens with one attached hydrogen (secondary N) is 1. The summed E-state index contributed by atoms with van der Waals surface area (Å²) in [5.74, 6) is 0.960. The minimum absolute atomic E-state index is 0.198. The maximum absolute atomic E-state index is 6.15. The Morgan fingerprint density at radius 3 is 2.64 bits per heavy atom. The zero-order valence-corrected chi connectivity index (χ0v) is 9.51. The van der Waals surface area contributed by atoms with Crippen molar-refractivity contribution >= 4 is 0 Å². The molecule has 2 nitrogen and oxygen atoms in total. The van der Waals surface area contributed by atoms with Crippen molar-refractivity contribution in [1.82, 2.24) is 5.32 Å². The molecule has 1 saturated heterocycles. The lowest BCUT2D eigenvalue weighted by molar-refractivity contribution is -0.132. The van der Waals surface area contributed by atoms with Crippen molar-refractivity contribution in [3.63, 3.8) is 0 Å². The smallest absolute Gasteiger partial charge is 0.0810 e. The van der Waals surface area contributed by atoms with Crippen LogP contribution in [0, 0.1) is 5.92 Å². The second-order valence-corrected chi connectivity index (χ2v) is 5.09. The standard InChI is InChI=1S/C12H23NO/c1-3-11-4-6-12(7-5-11)9-13-8-10(2)14-12/h10-11,13H,3-9H2,1-2H3. The van der Waals surface area contributed by atoms with Crippen molar-refractivity contribution in [2.24, 2.45) is 5.92 Å². The predicted octanol–water partition coefficient (Wildman–Crippen LogP) is 2.33. The molecular weight excluding hydrogens is 174 g/mol. The molecule has 1 atom stereocenters. The van der Waals surface area contributed by atoms with Crippen molar-refractivity contribution in [2.45, 2.75) is 57.7 Å². The fraction of sp³-hybridized carbons (Fsp3) is 1.00. The second-order valence-electron chi connectivity index (χ2n) is 5.09. The van der Waals surface area contributed by atoms with Gasteiger partial charge in [-0.05, 0) is 38.5 Å². The lowest BCUT2D eigenvalue weighted by atomic mass is 9.77. The highest BCUT2D eigenvalue weighted by Crippen LogP contribution is 2.37. The normalized spacial score (nSPS) is 44.1. The molecule has 82 valence electrons. The Balaban J connectivity index is 1.91. The van der Waals surface area contributed by atoms with Crippen LogP contribution in [0.5, 0.6) is 0 Å². The summed E-state index contributed by atoms with van der Waals surface area (Å²) in [6.07, 6.45) is 7.02.